The van der Waals surface area contributed by atoms with Gasteiger partial charge in [0.15, 0.2) is 5.13 Å². The predicted molar refractivity (Wildman–Crippen MR) is 118 cm³/mol. The summed E-state index contributed by atoms with van der Waals surface area (Å²) in [6.45, 7) is 1.91. The van der Waals surface area contributed by atoms with E-state index in [2.05, 4.69) is 28.2 Å². The number of nitro groups is 1. The number of carbonyl (C=O) groups excluding carboxylic acids is 1. The van der Waals surface area contributed by atoms with Crippen molar-refractivity contribution in [2.75, 3.05) is 17.2 Å². The molecule has 0 fully saturated rings. The van der Waals surface area contributed by atoms with Crippen LogP contribution < -0.4 is 10.6 Å². The molecular formula is C19H18N4O5S2. The standard InChI is InChI=1S/C19H18N4O5S2/c1-2-28-17(25)14-8-5-12(9-16(14)24)20-18(29)22-19-21-15(10-30-19)11-3-6-13(7-4-11)23(26)27/h3-10,18,20,24,29H,2H2,1H3,(H,21,22). The van der Waals surface area contributed by atoms with E-state index < -0.39 is 16.4 Å². The lowest BCUT2D eigenvalue weighted by Crippen LogP contribution is -2.22. The van der Waals surface area contributed by atoms with Crippen molar-refractivity contribution in [2.24, 2.45) is 0 Å². The third-order valence-corrected chi connectivity index (χ3v) is 4.97. The van der Waals surface area contributed by atoms with Crippen molar-refractivity contribution in [1.29, 1.82) is 0 Å². The number of thiazole rings is 1. The minimum atomic E-state index is -0.594. The number of nitrogens with zero attached hydrogens (tertiary/aromatic N) is 2. The second-order valence-electron chi connectivity index (χ2n) is 5.99. The second kappa shape index (κ2) is 9.46. The van der Waals surface area contributed by atoms with Crippen molar-refractivity contribution in [1.82, 2.24) is 4.98 Å². The van der Waals surface area contributed by atoms with Crippen LogP contribution in [0.15, 0.2) is 47.8 Å². The van der Waals surface area contributed by atoms with Crippen LogP contribution in [0.2, 0.25) is 0 Å². The molecule has 0 saturated carbocycles. The number of nitrogens with one attached hydrogen (secondary N) is 2. The number of aromatic nitrogens is 1. The molecule has 3 N–H and O–H groups in total. The molecule has 30 heavy (non-hydrogen) atoms. The molecule has 156 valence electrons. The molecule has 0 bridgehead atoms. The maximum Gasteiger partial charge on any atom is 0.341 e. The smallest absolute Gasteiger partial charge is 0.341 e. The number of rotatable bonds is 8. The Morgan fingerprint density at radius 3 is 2.67 bits per heavy atom. The summed E-state index contributed by atoms with van der Waals surface area (Å²) in [4.78, 5) is 26.5. The summed E-state index contributed by atoms with van der Waals surface area (Å²) in [7, 11) is 0. The topological polar surface area (TPSA) is 127 Å². The Bertz CT molecular complexity index is 1060. The zero-order chi connectivity index (χ0) is 21.7. The highest BCUT2D eigenvalue weighted by Crippen LogP contribution is 2.28. The highest BCUT2D eigenvalue weighted by Gasteiger charge is 2.14. The van der Waals surface area contributed by atoms with Crippen LogP contribution in [-0.4, -0.2) is 33.1 Å². The maximum atomic E-state index is 11.7. The normalized spacial score (nSPS) is 11.5. The van der Waals surface area contributed by atoms with Crippen molar-refractivity contribution in [3.05, 3.63) is 63.5 Å². The first-order chi connectivity index (χ1) is 14.4. The van der Waals surface area contributed by atoms with E-state index in [4.69, 9.17) is 4.74 Å². The van der Waals surface area contributed by atoms with E-state index in [1.165, 1.54) is 35.6 Å². The first kappa shape index (κ1) is 21.4. The number of carbonyl (C=O) groups is 1. The van der Waals surface area contributed by atoms with Crippen LogP contribution in [-0.2, 0) is 4.74 Å². The van der Waals surface area contributed by atoms with Gasteiger partial charge in [-0.15, -0.1) is 24.0 Å². The quantitative estimate of drug-likeness (QED) is 0.132. The summed E-state index contributed by atoms with van der Waals surface area (Å²) in [5.74, 6) is -0.794. The van der Waals surface area contributed by atoms with Crippen LogP contribution in [0, 0.1) is 10.1 Å². The van der Waals surface area contributed by atoms with Crippen molar-refractivity contribution in [2.45, 2.75) is 12.4 Å². The van der Waals surface area contributed by atoms with E-state index in [1.807, 2.05) is 5.38 Å². The molecule has 3 aromatic rings. The van der Waals surface area contributed by atoms with E-state index in [9.17, 15) is 20.0 Å². The summed E-state index contributed by atoms with van der Waals surface area (Å²) >= 11 is 5.77. The van der Waals surface area contributed by atoms with Gasteiger partial charge in [0, 0.05) is 34.8 Å². The van der Waals surface area contributed by atoms with Gasteiger partial charge in [0.1, 0.15) is 16.8 Å². The van der Waals surface area contributed by atoms with Gasteiger partial charge in [-0.3, -0.25) is 10.1 Å². The number of phenolic OH excluding ortho intramolecular Hbond substituents is 1. The number of non-ortho nitro benzene ring substituents is 1. The van der Waals surface area contributed by atoms with E-state index >= 15 is 0 Å². The molecule has 0 spiro atoms. The maximum absolute atomic E-state index is 11.7. The van der Waals surface area contributed by atoms with Gasteiger partial charge in [-0.1, -0.05) is 0 Å². The van der Waals surface area contributed by atoms with Crippen LogP contribution >= 0.6 is 24.0 Å². The van der Waals surface area contributed by atoms with E-state index in [0.29, 0.717) is 16.5 Å². The van der Waals surface area contributed by atoms with Gasteiger partial charge in [-0.2, -0.15) is 0 Å². The number of aromatic hydroxyl groups is 1. The van der Waals surface area contributed by atoms with Gasteiger partial charge in [-0.25, -0.2) is 9.78 Å². The molecule has 0 aliphatic rings. The molecule has 0 aliphatic carbocycles. The fourth-order valence-corrected chi connectivity index (χ4v) is 3.65. The van der Waals surface area contributed by atoms with Crippen molar-refractivity contribution < 1.29 is 19.6 Å². The number of hydrogen-bond acceptors (Lipinski definition) is 10. The van der Waals surface area contributed by atoms with Crippen LogP contribution in [0.25, 0.3) is 11.3 Å². The van der Waals surface area contributed by atoms with Crippen molar-refractivity contribution in [3.63, 3.8) is 0 Å². The zero-order valence-corrected chi connectivity index (χ0v) is 17.4. The molecule has 1 heterocycles. The van der Waals surface area contributed by atoms with Gasteiger partial charge >= 0.3 is 5.97 Å². The molecule has 3 rings (SSSR count). The third kappa shape index (κ3) is 5.19. The van der Waals surface area contributed by atoms with Crippen LogP contribution in [0.3, 0.4) is 0 Å². The molecule has 0 saturated heterocycles. The van der Waals surface area contributed by atoms with E-state index in [0.717, 1.165) is 5.56 Å². The van der Waals surface area contributed by atoms with Gasteiger partial charge < -0.3 is 20.5 Å². The Labute approximate surface area is 181 Å². The van der Waals surface area contributed by atoms with Crippen LogP contribution in [0.5, 0.6) is 5.75 Å². The molecule has 1 atom stereocenters. The monoisotopic (exact) mass is 446 g/mol. The summed E-state index contributed by atoms with van der Waals surface area (Å²) in [6, 6.07) is 10.6. The van der Waals surface area contributed by atoms with Crippen LogP contribution in [0.4, 0.5) is 16.5 Å². The lowest BCUT2D eigenvalue weighted by molar-refractivity contribution is -0.384. The van der Waals surface area contributed by atoms with Gasteiger partial charge in [0.05, 0.1) is 17.2 Å². The minimum Gasteiger partial charge on any atom is -0.507 e. The highest BCUT2D eigenvalue weighted by molar-refractivity contribution is 7.81. The molecule has 0 amide bonds. The van der Waals surface area contributed by atoms with Gasteiger partial charge in [0.25, 0.3) is 5.69 Å². The van der Waals surface area contributed by atoms with Crippen LogP contribution in [0.1, 0.15) is 17.3 Å². The predicted octanol–water partition coefficient (Wildman–Crippen LogP) is 4.34. The number of ether oxygens (including phenoxy) is 1. The third-order valence-electron chi connectivity index (χ3n) is 3.93. The Kier molecular flexibility index (Phi) is 6.75. The molecule has 1 unspecified atom stereocenters. The summed E-state index contributed by atoms with van der Waals surface area (Å²) in [5.41, 5.74) is 1.54. The second-order valence-corrected chi connectivity index (χ2v) is 7.36. The average Bonchev–Trinajstić information content (AvgIpc) is 3.16. The lowest BCUT2D eigenvalue weighted by Gasteiger charge is -2.16. The number of esters is 1. The minimum absolute atomic E-state index is 0.0178. The summed E-state index contributed by atoms with van der Waals surface area (Å²) in [5, 5.41) is 29.3. The number of benzene rings is 2. The number of phenols is 1. The Balaban J connectivity index is 1.63. The highest BCUT2D eigenvalue weighted by atomic mass is 32.1. The molecule has 2 aromatic carbocycles. The average molecular weight is 447 g/mol. The van der Waals surface area contributed by atoms with E-state index in [1.54, 1.807) is 25.1 Å². The molecular weight excluding hydrogens is 428 g/mol. The van der Waals surface area contributed by atoms with Crippen molar-refractivity contribution in [3.8, 4) is 17.0 Å². The Morgan fingerprint density at radius 1 is 1.30 bits per heavy atom. The number of nitro benzene ring substituents is 1. The molecule has 11 heteroatoms. The zero-order valence-electron chi connectivity index (χ0n) is 15.7. The number of anilines is 2. The fraction of sp³-hybridized carbons (Fsp3) is 0.158. The van der Waals surface area contributed by atoms with Crippen molar-refractivity contribution >= 4 is 46.4 Å². The van der Waals surface area contributed by atoms with Gasteiger partial charge in [-0.05, 0) is 31.2 Å². The molecule has 0 radical (unpaired) electrons. The number of hydrogen-bond donors (Lipinski definition) is 4. The molecule has 0 aliphatic heterocycles. The summed E-state index contributed by atoms with van der Waals surface area (Å²) < 4.78 is 4.88. The SMILES string of the molecule is CCOC(=O)c1ccc(NC(S)Nc2nc(-c3ccc([N+](=O)[O-])cc3)cs2)cc1O. The fourth-order valence-electron chi connectivity index (χ4n) is 2.54. The van der Waals surface area contributed by atoms with Gasteiger partial charge in [0.2, 0.25) is 0 Å². The number of thiol groups is 1. The Morgan fingerprint density at radius 2 is 2.03 bits per heavy atom. The first-order valence-electron chi connectivity index (χ1n) is 8.79. The summed E-state index contributed by atoms with van der Waals surface area (Å²) in [6.07, 6.45) is 0. The lowest BCUT2D eigenvalue weighted by atomic mass is 10.1. The Hall–Kier alpha value is -3.31. The largest absolute Gasteiger partial charge is 0.507 e. The molecule has 1 aromatic heterocycles. The molecule has 9 nitrogen and oxygen atoms in total. The van der Waals surface area contributed by atoms with E-state index in [-0.39, 0.29) is 23.6 Å². The first-order valence-corrected chi connectivity index (χ1v) is 10.2.